The number of ether oxygens (including phenoxy) is 1. The quantitative estimate of drug-likeness (QED) is 0.759. The molecule has 1 N–H and O–H groups in total. The van der Waals surface area contributed by atoms with E-state index in [0.717, 1.165) is 19.3 Å². The molecule has 0 amide bonds. The van der Waals surface area contributed by atoms with E-state index in [4.69, 9.17) is 4.74 Å². The Morgan fingerprint density at radius 1 is 1.32 bits per heavy atom. The van der Waals surface area contributed by atoms with Crippen molar-refractivity contribution in [1.82, 2.24) is 0 Å². The first kappa shape index (κ1) is 16.3. The molecule has 0 radical (unpaired) electrons. The zero-order chi connectivity index (χ0) is 14.5. The van der Waals surface area contributed by atoms with Crippen LogP contribution < -0.4 is 0 Å². The van der Waals surface area contributed by atoms with Crippen molar-refractivity contribution in [3.63, 3.8) is 0 Å². The molecule has 0 aromatic rings. The summed E-state index contributed by atoms with van der Waals surface area (Å²) in [6.07, 6.45) is 1.56. The Labute approximate surface area is 113 Å². The summed E-state index contributed by atoms with van der Waals surface area (Å²) in [6.45, 7) is 3.28. The van der Waals surface area contributed by atoms with E-state index < -0.39 is 23.9 Å². The van der Waals surface area contributed by atoms with E-state index in [1.54, 1.807) is 13.8 Å². The third kappa shape index (κ3) is 3.65. The molecule has 0 bridgehead atoms. The molecule has 0 heterocycles. The van der Waals surface area contributed by atoms with Crippen LogP contribution >= 0.6 is 0 Å². The lowest BCUT2D eigenvalue weighted by Crippen LogP contribution is -2.52. The average molecular weight is 278 g/mol. The number of halogens is 2. The van der Waals surface area contributed by atoms with Gasteiger partial charge in [-0.2, -0.15) is 0 Å². The highest BCUT2D eigenvalue weighted by molar-refractivity contribution is 5.74. The van der Waals surface area contributed by atoms with Crippen LogP contribution in [0.25, 0.3) is 0 Å². The zero-order valence-corrected chi connectivity index (χ0v) is 11.7. The van der Waals surface area contributed by atoms with Gasteiger partial charge in [0.2, 0.25) is 0 Å². The van der Waals surface area contributed by atoms with E-state index in [1.165, 1.54) is 0 Å². The van der Waals surface area contributed by atoms with Gasteiger partial charge in [0.1, 0.15) is 5.92 Å². The van der Waals surface area contributed by atoms with Crippen LogP contribution in [0.4, 0.5) is 8.78 Å². The van der Waals surface area contributed by atoms with Crippen LogP contribution in [0.2, 0.25) is 0 Å². The monoisotopic (exact) mass is 278 g/mol. The Bertz CT molecular complexity index is 290. The third-order valence-electron chi connectivity index (χ3n) is 4.21. The first-order valence-electron chi connectivity index (χ1n) is 7.14. The van der Waals surface area contributed by atoms with E-state index in [-0.39, 0.29) is 18.9 Å². The fourth-order valence-electron chi connectivity index (χ4n) is 3.12. The molecule has 2 unspecified atom stereocenters. The van der Waals surface area contributed by atoms with Gasteiger partial charge in [0.05, 0.1) is 12.2 Å². The van der Waals surface area contributed by atoms with Gasteiger partial charge in [0.25, 0.3) is 6.43 Å². The highest BCUT2D eigenvalue weighted by Gasteiger charge is 2.51. The van der Waals surface area contributed by atoms with Crippen molar-refractivity contribution in [1.29, 1.82) is 0 Å². The maximum atomic E-state index is 13.2. The molecule has 1 aliphatic carbocycles. The van der Waals surface area contributed by atoms with Crippen molar-refractivity contribution in [2.45, 2.75) is 64.4 Å². The Morgan fingerprint density at radius 2 is 1.89 bits per heavy atom. The second kappa shape index (κ2) is 7.17. The highest BCUT2D eigenvalue weighted by atomic mass is 19.3. The van der Waals surface area contributed by atoms with Crippen molar-refractivity contribution < 1.29 is 23.4 Å². The molecule has 0 saturated heterocycles. The molecule has 0 aliphatic heterocycles. The number of hydrogen-bond acceptors (Lipinski definition) is 3. The normalized spacial score (nSPS) is 22.0. The maximum Gasteiger partial charge on any atom is 0.317 e. The molecular formula is C14H24F2O3. The Morgan fingerprint density at radius 3 is 2.32 bits per heavy atom. The number of rotatable bonds is 6. The van der Waals surface area contributed by atoms with Gasteiger partial charge in [0, 0.05) is 0 Å². The van der Waals surface area contributed by atoms with Gasteiger partial charge in [-0.05, 0) is 32.1 Å². The summed E-state index contributed by atoms with van der Waals surface area (Å²) in [5.74, 6) is -2.96. The molecule has 19 heavy (non-hydrogen) atoms. The lowest BCUT2D eigenvalue weighted by molar-refractivity contribution is -0.181. The fraction of sp³-hybridized carbons (Fsp3) is 0.929. The average Bonchev–Trinajstić information content (AvgIpc) is 2.39. The predicted octanol–water partition coefficient (Wildman–Crippen LogP) is 3.15. The van der Waals surface area contributed by atoms with Crippen LogP contribution in [0, 0.1) is 11.8 Å². The van der Waals surface area contributed by atoms with E-state index >= 15 is 0 Å². The van der Waals surface area contributed by atoms with Gasteiger partial charge in [-0.3, -0.25) is 4.79 Å². The van der Waals surface area contributed by atoms with E-state index in [1.807, 2.05) is 0 Å². The van der Waals surface area contributed by atoms with Gasteiger partial charge in [0.15, 0.2) is 0 Å². The van der Waals surface area contributed by atoms with Crippen molar-refractivity contribution in [2.24, 2.45) is 11.8 Å². The Hall–Kier alpha value is -0.710. The summed E-state index contributed by atoms with van der Waals surface area (Å²) in [7, 11) is 0. The standard InChI is InChI=1S/C14H24F2O3/c1-3-14(18,10-8-6-5-7-9-10)11(12(15)16)13(17)19-4-2/h10-12,18H,3-9H2,1-2H3. The lowest BCUT2D eigenvalue weighted by atomic mass is 9.69. The number of carbonyl (C=O) groups is 1. The molecule has 112 valence electrons. The van der Waals surface area contributed by atoms with Gasteiger partial charge in [-0.15, -0.1) is 0 Å². The number of esters is 1. The first-order chi connectivity index (χ1) is 8.97. The first-order valence-corrected chi connectivity index (χ1v) is 7.14. The number of carbonyl (C=O) groups excluding carboxylic acids is 1. The van der Waals surface area contributed by atoms with E-state index in [2.05, 4.69) is 0 Å². The molecule has 0 spiro atoms. The summed E-state index contributed by atoms with van der Waals surface area (Å²) in [6, 6.07) is 0. The van der Waals surface area contributed by atoms with Crippen LogP contribution in [-0.4, -0.2) is 29.7 Å². The van der Waals surface area contributed by atoms with Crippen LogP contribution in [0.15, 0.2) is 0 Å². The second-order valence-electron chi connectivity index (χ2n) is 5.24. The molecular weight excluding hydrogens is 254 g/mol. The van der Waals surface area contributed by atoms with Crippen LogP contribution in [0.5, 0.6) is 0 Å². The van der Waals surface area contributed by atoms with Gasteiger partial charge < -0.3 is 9.84 Å². The number of aliphatic hydroxyl groups is 1. The van der Waals surface area contributed by atoms with Crippen molar-refractivity contribution in [2.75, 3.05) is 6.61 Å². The zero-order valence-electron chi connectivity index (χ0n) is 11.7. The minimum Gasteiger partial charge on any atom is -0.466 e. The van der Waals surface area contributed by atoms with Gasteiger partial charge >= 0.3 is 5.97 Å². The minimum atomic E-state index is -2.90. The smallest absolute Gasteiger partial charge is 0.317 e. The van der Waals surface area contributed by atoms with E-state index in [0.29, 0.717) is 12.8 Å². The third-order valence-corrected chi connectivity index (χ3v) is 4.21. The molecule has 0 aromatic carbocycles. The predicted molar refractivity (Wildman–Crippen MR) is 67.9 cm³/mol. The Balaban J connectivity index is 2.95. The van der Waals surface area contributed by atoms with Crippen molar-refractivity contribution in [3.8, 4) is 0 Å². The maximum absolute atomic E-state index is 13.2. The summed E-state index contributed by atoms with van der Waals surface area (Å²) >= 11 is 0. The van der Waals surface area contributed by atoms with Crippen LogP contribution in [0.3, 0.4) is 0 Å². The van der Waals surface area contributed by atoms with Crippen molar-refractivity contribution >= 4 is 5.97 Å². The fourth-order valence-corrected chi connectivity index (χ4v) is 3.12. The summed E-state index contributed by atoms with van der Waals surface area (Å²) in [5, 5.41) is 10.7. The van der Waals surface area contributed by atoms with Crippen LogP contribution in [-0.2, 0) is 9.53 Å². The second-order valence-corrected chi connectivity index (χ2v) is 5.24. The SMILES string of the molecule is CCOC(=O)C(C(F)F)C(O)(CC)C1CCCCC1. The van der Waals surface area contributed by atoms with Crippen molar-refractivity contribution in [3.05, 3.63) is 0 Å². The molecule has 3 nitrogen and oxygen atoms in total. The summed E-state index contributed by atoms with van der Waals surface area (Å²) in [5.41, 5.74) is -1.65. The number of hydrogen-bond donors (Lipinski definition) is 1. The summed E-state index contributed by atoms with van der Waals surface area (Å²) < 4.78 is 31.2. The lowest BCUT2D eigenvalue weighted by Gasteiger charge is -2.41. The topological polar surface area (TPSA) is 46.5 Å². The minimum absolute atomic E-state index is 0.0481. The molecule has 5 heteroatoms. The molecule has 1 fully saturated rings. The van der Waals surface area contributed by atoms with Gasteiger partial charge in [-0.1, -0.05) is 26.2 Å². The molecule has 1 saturated carbocycles. The molecule has 1 rings (SSSR count). The largest absolute Gasteiger partial charge is 0.466 e. The Kier molecular flexibility index (Phi) is 6.17. The molecule has 1 aliphatic rings. The van der Waals surface area contributed by atoms with Crippen LogP contribution in [0.1, 0.15) is 52.4 Å². The number of alkyl halides is 2. The summed E-state index contributed by atoms with van der Waals surface area (Å²) in [4.78, 5) is 11.8. The highest BCUT2D eigenvalue weighted by Crippen LogP contribution is 2.42. The molecule has 2 atom stereocenters. The van der Waals surface area contributed by atoms with Gasteiger partial charge in [-0.25, -0.2) is 8.78 Å². The van der Waals surface area contributed by atoms with E-state index in [9.17, 15) is 18.7 Å². The molecule has 0 aromatic heterocycles.